The molecular weight excluding hydrogens is 264 g/mol. The summed E-state index contributed by atoms with van der Waals surface area (Å²) in [6, 6.07) is 13.3. The molecule has 0 spiro atoms. The molecule has 4 heteroatoms. The van der Waals surface area contributed by atoms with Crippen molar-refractivity contribution in [2.45, 2.75) is 17.7 Å². The van der Waals surface area contributed by atoms with E-state index >= 15 is 0 Å². The molecule has 2 rings (SSSR count). The van der Waals surface area contributed by atoms with Gasteiger partial charge in [0.25, 0.3) is 5.92 Å². The molecule has 0 aromatic heterocycles. The van der Waals surface area contributed by atoms with Gasteiger partial charge in [0.05, 0.1) is 5.75 Å². The Balaban J connectivity index is 2.09. The third kappa shape index (κ3) is 3.47. The summed E-state index contributed by atoms with van der Waals surface area (Å²) in [5.74, 6) is -3.17. The van der Waals surface area contributed by atoms with Crippen LogP contribution in [0.5, 0.6) is 0 Å². The normalized spacial score (nSPS) is 11.5. The number of nitrogen functional groups attached to an aromatic ring is 1. The molecule has 0 amide bonds. The van der Waals surface area contributed by atoms with Crippen LogP contribution < -0.4 is 5.73 Å². The second kappa shape index (κ2) is 5.61. The predicted octanol–water partition coefficient (Wildman–Crippen LogP) is 4.46. The maximum absolute atomic E-state index is 14.0. The fourth-order valence-electron chi connectivity index (χ4n) is 1.73. The molecule has 0 aliphatic heterocycles. The highest BCUT2D eigenvalue weighted by Gasteiger charge is 2.31. The largest absolute Gasteiger partial charge is 0.398 e. The molecule has 0 heterocycles. The summed E-state index contributed by atoms with van der Waals surface area (Å²) >= 11 is 1.08. The molecular formula is C15H15F2NS. The van der Waals surface area contributed by atoms with Gasteiger partial charge in [0.15, 0.2) is 0 Å². The van der Waals surface area contributed by atoms with Crippen molar-refractivity contribution in [1.82, 2.24) is 0 Å². The lowest BCUT2D eigenvalue weighted by atomic mass is 10.1. The summed E-state index contributed by atoms with van der Waals surface area (Å²) in [5.41, 5.74) is 7.43. The third-order valence-electron chi connectivity index (χ3n) is 2.77. The van der Waals surface area contributed by atoms with Crippen LogP contribution in [0.15, 0.2) is 53.4 Å². The van der Waals surface area contributed by atoms with Gasteiger partial charge in [-0.1, -0.05) is 36.4 Å². The van der Waals surface area contributed by atoms with Crippen molar-refractivity contribution in [2.24, 2.45) is 0 Å². The van der Waals surface area contributed by atoms with Gasteiger partial charge >= 0.3 is 0 Å². The topological polar surface area (TPSA) is 26.0 Å². The molecule has 0 aliphatic rings. The maximum Gasteiger partial charge on any atom is 0.282 e. The van der Waals surface area contributed by atoms with Crippen LogP contribution in [-0.2, 0) is 5.92 Å². The quantitative estimate of drug-likeness (QED) is 0.660. The first-order chi connectivity index (χ1) is 8.99. The van der Waals surface area contributed by atoms with E-state index in [9.17, 15) is 8.78 Å². The third-order valence-corrected chi connectivity index (χ3v) is 3.96. The van der Waals surface area contributed by atoms with Gasteiger partial charge in [-0.15, -0.1) is 11.8 Å². The van der Waals surface area contributed by atoms with Crippen LogP contribution >= 0.6 is 11.8 Å². The van der Waals surface area contributed by atoms with E-state index in [-0.39, 0.29) is 11.3 Å². The molecule has 0 atom stereocenters. The van der Waals surface area contributed by atoms with Gasteiger partial charge in [0.2, 0.25) is 0 Å². The summed E-state index contributed by atoms with van der Waals surface area (Å²) in [7, 11) is 0. The van der Waals surface area contributed by atoms with Gasteiger partial charge < -0.3 is 5.73 Å². The van der Waals surface area contributed by atoms with Gasteiger partial charge in [-0.3, -0.25) is 0 Å². The van der Waals surface area contributed by atoms with Gasteiger partial charge in [-0.05, 0) is 24.6 Å². The molecule has 0 unspecified atom stereocenters. The highest BCUT2D eigenvalue weighted by Crippen LogP contribution is 2.36. The zero-order valence-electron chi connectivity index (χ0n) is 10.6. The molecule has 0 fully saturated rings. The average molecular weight is 279 g/mol. The standard InChI is InChI=1S/C15H15F2NS/c1-11-7-8-14(13(18)9-11)19-10-15(16,17)12-5-3-2-4-6-12/h2-9H,10,18H2,1H3. The van der Waals surface area contributed by atoms with Crippen LogP contribution in [0.1, 0.15) is 11.1 Å². The van der Waals surface area contributed by atoms with Crippen LogP contribution in [-0.4, -0.2) is 5.75 Å². The summed E-state index contributed by atoms with van der Waals surface area (Å²) in [6.45, 7) is 1.92. The van der Waals surface area contributed by atoms with E-state index in [1.165, 1.54) is 12.1 Å². The number of hydrogen-bond donors (Lipinski definition) is 1. The zero-order chi connectivity index (χ0) is 13.9. The molecule has 0 radical (unpaired) electrons. The molecule has 100 valence electrons. The van der Waals surface area contributed by atoms with Crippen molar-refractivity contribution in [2.75, 3.05) is 11.5 Å². The van der Waals surface area contributed by atoms with Gasteiger partial charge in [-0.25, -0.2) is 8.78 Å². The van der Waals surface area contributed by atoms with Crippen LogP contribution in [0.4, 0.5) is 14.5 Å². The number of alkyl halides is 2. The lowest BCUT2D eigenvalue weighted by molar-refractivity contribution is 0.0232. The van der Waals surface area contributed by atoms with E-state index < -0.39 is 5.92 Å². The number of thioether (sulfide) groups is 1. The van der Waals surface area contributed by atoms with Crippen LogP contribution in [0.3, 0.4) is 0 Å². The van der Waals surface area contributed by atoms with Crippen molar-refractivity contribution < 1.29 is 8.78 Å². The number of anilines is 1. The highest BCUT2D eigenvalue weighted by atomic mass is 32.2. The number of rotatable bonds is 4. The molecule has 2 aromatic rings. The maximum atomic E-state index is 14.0. The van der Waals surface area contributed by atoms with E-state index in [1.54, 1.807) is 30.3 Å². The predicted molar refractivity (Wildman–Crippen MR) is 76.7 cm³/mol. The second-order valence-corrected chi connectivity index (χ2v) is 5.42. The minimum absolute atomic E-state index is 0.0354. The van der Waals surface area contributed by atoms with Gasteiger partial charge in [-0.2, -0.15) is 0 Å². The molecule has 2 N–H and O–H groups in total. The summed E-state index contributed by atoms with van der Waals surface area (Å²) in [6.07, 6.45) is 0. The van der Waals surface area contributed by atoms with Crippen molar-refractivity contribution in [3.8, 4) is 0 Å². The lowest BCUT2D eigenvalue weighted by Crippen LogP contribution is -2.16. The Hall–Kier alpha value is -1.55. The van der Waals surface area contributed by atoms with Crippen molar-refractivity contribution in [1.29, 1.82) is 0 Å². The Bertz CT molecular complexity index is 555. The molecule has 0 bridgehead atoms. The minimum atomic E-state index is -2.86. The number of benzene rings is 2. The van der Waals surface area contributed by atoms with E-state index in [1.807, 2.05) is 13.0 Å². The summed E-state index contributed by atoms with van der Waals surface area (Å²) < 4.78 is 28.0. The van der Waals surface area contributed by atoms with E-state index in [2.05, 4.69) is 0 Å². The SMILES string of the molecule is Cc1ccc(SCC(F)(F)c2ccccc2)c(N)c1. The Morgan fingerprint density at radius 2 is 1.79 bits per heavy atom. The van der Waals surface area contributed by atoms with Crippen molar-refractivity contribution in [3.05, 3.63) is 59.7 Å². The molecule has 19 heavy (non-hydrogen) atoms. The van der Waals surface area contributed by atoms with E-state index in [4.69, 9.17) is 5.73 Å². The van der Waals surface area contributed by atoms with Crippen molar-refractivity contribution >= 4 is 17.4 Å². The van der Waals surface area contributed by atoms with E-state index in [0.29, 0.717) is 10.6 Å². The fourth-order valence-corrected chi connectivity index (χ4v) is 2.63. The lowest BCUT2D eigenvalue weighted by Gasteiger charge is -2.16. The molecule has 0 aliphatic carbocycles. The van der Waals surface area contributed by atoms with Crippen LogP contribution in [0, 0.1) is 6.92 Å². The second-order valence-electron chi connectivity index (χ2n) is 4.40. The molecule has 1 nitrogen and oxygen atoms in total. The Labute approximate surface area is 115 Å². The Morgan fingerprint density at radius 1 is 1.11 bits per heavy atom. The molecule has 0 saturated heterocycles. The number of nitrogens with two attached hydrogens (primary N) is 1. The van der Waals surface area contributed by atoms with E-state index in [0.717, 1.165) is 17.3 Å². The van der Waals surface area contributed by atoms with Crippen LogP contribution in [0.25, 0.3) is 0 Å². The smallest absolute Gasteiger partial charge is 0.282 e. The average Bonchev–Trinajstić information content (AvgIpc) is 2.39. The number of aryl methyl sites for hydroxylation is 1. The first kappa shape index (κ1) is 13.9. The summed E-state index contributed by atoms with van der Waals surface area (Å²) in [4.78, 5) is 0.696. The first-order valence-corrected chi connectivity index (χ1v) is 6.90. The Kier molecular flexibility index (Phi) is 4.10. The van der Waals surface area contributed by atoms with Crippen molar-refractivity contribution in [3.63, 3.8) is 0 Å². The van der Waals surface area contributed by atoms with Gasteiger partial charge in [0, 0.05) is 16.1 Å². The Morgan fingerprint density at radius 3 is 2.42 bits per heavy atom. The van der Waals surface area contributed by atoms with Crippen LogP contribution in [0.2, 0.25) is 0 Å². The number of halogens is 2. The summed E-state index contributed by atoms with van der Waals surface area (Å²) in [5, 5.41) is 0. The highest BCUT2D eigenvalue weighted by molar-refractivity contribution is 7.99. The fraction of sp³-hybridized carbons (Fsp3) is 0.200. The molecule has 0 saturated carbocycles. The number of hydrogen-bond acceptors (Lipinski definition) is 2. The first-order valence-electron chi connectivity index (χ1n) is 5.91. The minimum Gasteiger partial charge on any atom is -0.398 e. The van der Waals surface area contributed by atoms with Gasteiger partial charge in [0.1, 0.15) is 0 Å². The monoisotopic (exact) mass is 279 g/mol. The molecule has 2 aromatic carbocycles. The zero-order valence-corrected chi connectivity index (χ0v) is 11.4.